The fourth-order valence-corrected chi connectivity index (χ4v) is 8.45. The first kappa shape index (κ1) is 40.4. The second kappa shape index (κ2) is 15.9. The van der Waals surface area contributed by atoms with Crippen LogP contribution < -0.4 is 34.9 Å². The third-order valence-corrected chi connectivity index (χ3v) is 11.0. The number of hydrogen-bond acceptors (Lipinski definition) is 7. The number of phenols is 1. The van der Waals surface area contributed by atoms with Crippen LogP contribution >= 0.6 is 7.92 Å². The summed E-state index contributed by atoms with van der Waals surface area (Å²) in [6, 6.07) is 12.6. The van der Waals surface area contributed by atoms with Gasteiger partial charge in [0.25, 0.3) is 0 Å². The lowest BCUT2D eigenvalue weighted by molar-refractivity contribution is 0.258. The van der Waals surface area contributed by atoms with Gasteiger partial charge in [0.15, 0.2) is 0 Å². The van der Waals surface area contributed by atoms with Crippen LogP contribution in [0.2, 0.25) is 0 Å². The quantitative estimate of drug-likeness (QED) is 0.189. The normalized spacial score (nSPS) is 12.6. The van der Waals surface area contributed by atoms with Crippen molar-refractivity contribution in [3.8, 4) is 28.7 Å². The van der Waals surface area contributed by atoms with Gasteiger partial charge in [-0.05, 0) is 95.2 Å². The molecule has 0 bridgehead atoms. The maximum absolute atomic E-state index is 12.4. The lowest BCUT2D eigenvalue weighted by atomic mass is 9.85. The first-order valence-electron chi connectivity index (χ1n) is 17.2. The molecule has 7 nitrogen and oxygen atoms in total. The van der Waals surface area contributed by atoms with Crippen LogP contribution in [0.3, 0.4) is 0 Å². The number of nitrogens with zero attached hydrogens (tertiary/aromatic N) is 2. The molecule has 8 heteroatoms. The lowest BCUT2D eigenvalue weighted by Crippen LogP contribution is -2.31. The SMILES string of the molecule is COc1cc(P(c2cc(C)cc(C(C)(C)C)c2O)c2cc(OC)cc(C(C)(C)C)c2OCCN(C)C)c(OCCN(C)C)c(C(C)(C)C)c1. The topological polar surface area (TPSA) is 63.6 Å². The van der Waals surface area contributed by atoms with Crippen LogP contribution in [0, 0.1) is 6.92 Å². The molecule has 0 radical (unpaired) electrons. The van der Waals surface area contributed by atoms with E-state index in [2.05, 4.69) is 144 Å². The highest BCUT2D eigenvalue weighted by Gasteiger charge is 2.36. The largest absolute Gasteiger partial charge is 0.507 e. The second-order valence-electron chi connectivity index (χ2n) is 16.6. The third-order valence-electron chi connectivity index (χ3n) is 8.51. The predicted molar refractivity (Wildman–Crippen MR) is 209 cm³/mol. The molecule has 0 fully saturated rings. The van der Waals surface area contributed by atoms with E-state index in [0.717, 1.165) is 74.3 Å². The van der Waals surface area contributed by atoms with Gasteiger partial charge < -0.3 is 33.9 Å². The predicted octanol–water partition coefficient (Wildman–Crippen LogP) is 7.25. The van der Waals surface area contributed by atoms with Crippen LogP contribution in [0.5, 0.6) is 28.7 Å². The molecule has 3 aromatic carbocycles. The van der Waals surface area contributed by atoms with Gasteiger partial charge in [-0.1, -0.05) is 68.4 Å². The molecule has 0 unspecified atom stereocenters. The van der Waals surface area contributed by atoms with Gasteiger partial charge in [-0.2, -0.15) is 0 Å². The van der Waals surface area contributed by atoms with Crippen LogP contribution in [0.1, 0.15) is 84.6 Å². The fourth-order valence-electron chi connectivity index (χ4n) is 5.71. The van der Waals surface area contributed by atoms with Crippen molar-refractivity contribution in [3.05, 3.63) is 58.7 Å². The minimum atomic E-state index is -1.51. The number of ether oxygens (including phenoxy) is 4. The van der Waals surface area contributed by atoms with Gasteiger partial charge in [0.1, 0.15) is 42.0 Å². The van der Waals surface area contributed by atoms with Crippen molar-refractivity contribution in [2.24, 2.45) is 0 Å². The minimum Gasteiger partial charge on any atom is -0.507 e. The molecule has 0 saturated heterocycles. The first-order valence-corrected chi connectivity index (χ1v) is 18.6. The summed E-state index contributed by atoms with van der Waals surface area (Å²) in [6.45, 7) is 24.3. The minimum absolute atomic E-state index is 0.265. The van der Waals surface area contributed by atoms with Crippen LogP contribution in [0.25, 0.3) is 0 Å². The van der Waals surface area contributed by atoms with Gasteiger partial charge in [-0.15, -0.1) is 0 Å². The molecule has 1 N–H and O–H groups in total. The number of aromatic hydroxyl groups is 1. The molecule has 0 aliphatic heterocycles. The zero-order valence-corrected chi connectivity index (χ0v) is 34.1. The zero-order valence-electron chi connectivity index (χ0n) is 33.2. The Hall–Kier alpha value is -2.99. The van der Waals surface area contributed by atoms with Crippen LogP contribution in [0.4, 0.5) is 0 Å². The maximum Gasteiger partial charge on any atom is 0.131 e. The average molecular weight is 695 g/mol. The third kappa shape index (κ3) is 10.1. The number of phenolic OH excluding ortho intramolecular Hbond substituents is 1. The molecule has 0 amide bonds. The highest BCUT2D eigenvalue weighted by atomic mass is 31.1. The number of benzene rings is 3. The van der Waals surface area contributed by atoms with Crippen molar-refractivity contribution in [2.75, 3.05) is 68.7 Å². The molecular formula is C41H63N2O5P. The summed E-state index contributed by atoms with van der Waals surface area (Å²) in [7, 11) is 10.1. The van der Waals surface area contributed by atoms with E-state index in [9.17, 15) is 5.11 Å². The van der Waals surface area contributed by atoms with Gasteiger partial charge in [0, 0.05) is 45.7 Å². The molecule has 0 aliphatic rings. The van der Waals surface area contributed by atoms with Crippen molar-refractivity contribution in [2.45, 2.75) is 85.5 Å². The summed E-state index contributed by atoms with van der Waals surface area (Å²) in [4.78, 5) is 4.25. The Morgan fingerprint density at radius 1 is 0.571 bits per heavy atom. The highest BCUT2D eigenvalue weighted by Crippen LogP contribution is 2.50. The molecule has 0 aromatic heterocycles. The molecule has 0 atom stereocenters. The summed E-state index contributed by atoms with van der Waals surface area (Å²) in [5.41, 5.74) is 3.25. The van der Waals surface area contributed by atoms with Crippen molar-refractivity contribution in [1.29, 1.82) is 0 Å². The van der Waals surface area contributed by atoms with Crippen LogP contribution in [-0.2, 0) is 16.2 Å². The number of likely N-dealkylation sites (N-methyl/N-ethyl adjacent to an activating group) is 2. The summed E-state index contributed by atoms with van der Waals surface area (Å²) in [5.74, 6) is 3.41. The standard InChI is InChI=1S/C41H63N2O5P/c1-27-21-30(39(2,3)4)36(44)33(22-27)49(34-25-28(45-15)23-31(40(5,6)7)37(34)47-19-17-42(11)12)35-26-29(46-16)24-32(41(8,9)10)38(35)48-20-18-43(13)14/h21-26,44H,17-20H2,1-16H3. The molecule has 3 aromatic rings. The van der Waals surface area contributed by atoms with E-state index in [1.54, 1.807) is 14.2 Å². The number of hydrogen-bond donors (Lipinski definition) is 1. The Kier molecular flexibility index (Phi) is 13.1. The van der Waals surface area contributed by atoms with Crippen LogP contribution in [-0.4, -0.2) is 83.6 Å². The second-order valence-corrected chi connectivity index (χ2v) is 18.7. The highest BCUT2D eigenvalue weighted by molar-refractivity contribution is 7.80. The molecule has 0 heterocycles. The van der Waals surface area contributed by atoms with E-state index in [0.29, 0.717) is 19.0 Å². The average Bonchev–Trinajstić information content (AvgIpc) is 2.97. The Balaban J connectivity index is 2.67. The fraction of sp³-hybridized carbons (Fsp3) is 0.561. The lowest BCUT2D eigenvalue weighted by Gasteiger charge is -2.33. The van der Waals surface area contributed by atoms with Gasteiger partial charge in [0.2, 0.25) is 0 Å². The van der Waals surface area contributed by atoms with Crippen molar-refractivity contribution < 1.29 is 24.1 Å². The summed E-state index contributed by atoms with van der Waals surface area (Å²) >= 11 is 0. The first-order chi connectivity index (χ1) is 22.6. The van der Waals surface area contributed by atoms with E-state index in [1.807, 2.05) is 0 Å². The Labute approximate surface area is 298 Å². The smallest absolute Gasteiger partial charge is 0.131 e. The Morgan fingerprint density at radius 3 is 1.29 bits per heavy atom. The summed E-state index contributed by atoms with van der Waals surface area (Å²) in [5, 5.41) is 15.2. The van der Waals surface area contributed by atoms with Gasteiger partial charge in [-0.25, -0.2) is 0 Å². The molecular weight excluding hydrogens is 631 g/mol. The van der Waals surface area contributed by atoms with Gasteiger partial charge in [0.05, 0.1) is 14.2 Å². The Morgan fingerprint density at radius 2 is 0.959 bits per heavy atom. The summed E-state index contributed by atoms with van der Waals surface area (Å²) < 4.78 is 25.7. The van der Waals surface area contributed by atoms with E-state index in [4.69, 9.17) is 18.9 Å². The van der Waals surface area contributed by atoms with E-state index in [1.165, 1.54) is 0 Å². The molecule has 0 spiro atoms. The van der Waals surface area contributed by atoms with E-state index < -0.39 is 7.92 Å². The van der Waals surface area contributed by atoms with Crippen LogP contribution in [0.15, 0.2) is 36.4 Å². The zero-order chi connectivity index (χ0) is 37.1. The van der Waals surface area contributed by atoms with Crippen molar-refractivity contribution in [1.82, 2.24) is 9.80 Å². The van der Waals surface area contributed by atoms with E-state index in [-0.39, 0.29) is 16.2 Å². The molecule has 0 saturated carbocycles. The molecule has 49 heavy (non-hydrogen) atoms. The van der Waals surface area contributed by atoms with Gasteiger partial charge in [-0.3, -0.25) is 0 Å². The Bertz CT molecular complexity index is 1500. The molecule has 272 valence electrons. The van der Waals surface area contributed by atoms with Crippen molar-refractivity contribution >= 4 is 23.8 Å². The van der Waals surface area contributed by atoms with Crippen molar-refractivity contribution in [3.63, 3.8) is 0 Å². The monoisotopic (exact) mass is 694 g/mol. The number of methoxy groups -OCH3 is 2. The summed E-state index contributed by atoms with van der Waals surface area (Å²) in [6.07, 6.45) is 0. The molecule has 0 aliphatic carbocycles. The molecule has 3 rings (SSSR count). The van der Waals surface area contributed by atoms with E-state index >= 15 is 0 Å². The van der Waals surface area contributed by atoms with Gasteiger partial charge >= 0.3 is 0 Å². The maximum atomic E-state index is 12.4. The number of aryl methyl sites for hydroxylation is 1. The number of rotatable bonds is 13.